The Morgan fingerprint density at radius 2 is 1.83 bits per heavy atom. The van der Waals surface area contributed by atoms with Crippen LogP contribution in [0.15, 0.2) is 48.5 Å². The highest BCUT2D eigenvalue weighted by Gasteiger charge is 2.22. The number of rotatable bonds is 4. The zero-order valence-corrected chi connectivity index (χ0v) is 17.6. The predicted molar refractivity (Wildman–Crippen MR) is 115 cm³/mol. The van der Waals surface area contributed by atoms with Gasteiger partial charge in [-0.05, 0) is 51.5 Å². The van der Waals surface area contributed by atoms with Crippen LogP contribution in [-0.2, 0) is 9.53 Å². The summed E-state index contributed by atoms with van der Waals surface area (Å²) in [5.41, 5.74) is 2.79. The summed E-state index contributed by atoms with van der Waals surface area (Å²) in [5.74, 6) is -0.912. The van der Waals surface area contributed by atoms with E-state index in [4.69, 9.17) is 21.3 Å². The fourth-order valence-corrected chi connectivity index (χ4v) is 3.34. The number of carbonyl (C=O) groups excluding carboxylic acids is 2. The highest BCUT2D eigenvalue weighted by Crippen LogP contribution is 2.31. The van der Waals surface area contributed by atoms with Gasteiger partial charge in [-0.2, -0.15) is 0 Å². The molecule has 1 N–H and O–H groups in total. The number of fused-ring (bicyclic) bond motifs is 1. The molecule has 0 saturated carbocycles. The highest BCUT2D eigenvalue weighted by molar-refractivity contribution is 6.30. The van der Waals surface area contributed by atoms with Crippen LogP contribution in [0.3, 0.4) is 0 Å². The van der Waals surface area contributed by atoms with E-state index in [9.17, 15) is 9.59 Å². The average molecular weight is 411 g/mol. The van der Waals surface area contributed by atoms with E-state index in [-0.39, 0.29) is 12.5 Å². The van der Waals surface area contributed by atoms with Gasteiger partial charge in [-0.25, -0.2) is 9.78 Å². The summed E-state index contributed by atoms with van der Waals surface area (Å²) in [4.78, 5) is 29.7. The standard InChI is InChI=1S/C23H23ClN2O3/c1-14-20(22(28)29-13-19(27)26-23(2,3)4)17-10-5-6-11-18(17)25-21(14)15-8-7-9-16(24)12-15/h5-12H,13H2,1-4H3,(H,26,27). The van der Waals surface area contributed by atoms with Gasteiger partial charge in [0.15, 0.2) is 6.61 Å². The third kappa shape index (κ3) is 4.93. The van der Waals surface area contributed by atoms with E-state index in [0.717, 1.165) is 5.56 Å². The number of ether oxygens (including phenoxy) is 1. The summed E-state index contributed by atoms with van der Waals surface area (Å²) >= 11 is 6.14. The summed E-state index contributed by atoms with van der Waals surface area (Å²) in [6, 6.07) is 14.7. The summed E-state index contributed by atoms with van der Waals surface area (Å²) in [5, 5.41) is 4.04. The second-order valence-electron chi connectivity index (χ2n) is 7.86. The van der Waals surface area contributed by atoms with Gasteiger partial charge in [0, 0.05) is 21.5 Å². The first kappa shape index (κ1) is 20.8. The Morgan fingerprint density at radius 1 is 1.10 bits per heavy atom. The zero-order chi connectivity index (χ0) is 21.2. The summed E-state index contributed by atoms with van der Waals surface area (Å²) in [7, 11) is 0. The summed E-state index contributed by atoms with van der Waals surface area (Å²) in [6.07, 6.45) is 0. The maximum Gasteiger partial charge on any atom is 0.339 e. The van der Waals surface area contributed by atoms with Gasteiger partial charge < -0.3 is 10.1 Å². The van der Waals surface area contributed by atoms with E-state index in [1.165, 1.54) is 0 Å². The lowest BCUT2D eigenvalue weighted by Crippen LogP contribution is -2.42. The molecular weight excluding hydrogens is 388 g/mol. The Kier molecular flexibility index (Phi) is 5.89. The van der Waals surface area contributed by atoms with Crippen LogP contribution in [0.25, 0.3) is 22.2 Å². The fourth-order valence-electron chi connectivity index (χ4n) is 3.14. The van der Waals surface area contributed by atoms with Crippen molar-refractivity contribution in [2.75, 3.05) is 6.61 Å². The number of carbonyl (C=O) groups is 2. The summed E-state index contributed by atoms with van der Waals surface area (Å²) < 4.78 is 5.33. The van der Waals surface area contributed by atoms with E-state index in [1.807, 2.05) is 64.1 Å². The quantitative estimate of drug-likeness (QED) is 0.619. The molecule has 2 aromatic carbocycles. The number of amides is 1. The number of esters is 1. The third-order valence-corrected chi connectivity index (χ3v) is 4.52. The molecule has 0 atom stereocenters. The minimum Gasteiger partial charge on any atom is -0.452 e. The number of aromatic nitrogens is 1. The summed E-state index contributed by atoms with van der Waals surface area (Å²) in [6.45, 7) is 7.07. The molecular formula is C23H23ClN2O3. The van der Waals surface area contributed by atoms with Crippen LogP contribution < -0.4 is 5.32 Å². The first-order chi connectivity index (χ1) is 13.7. The van der Waals surface area contributed by atoms with Crippen molar-refractivity contribution in [3.05, 3.63) is 64.7 Å². The maximum atomic E-state index is 12.9. The first-order valence-electron chi connectivity index (χ1n) is 9.29. The van der Waals surface area contributed by atoms with Crippen molar-refractivity contribution in [2.45, 2.75) is 33.2 Å². The molecule has 0 radical (unpaired) electrons. The molecule has 1 aromatic heterocycles. The minimum absolute atomic E-state index is 0.349. The van der Waals surface area contributed by atoms with Crippen LogP contribution in [0.1, 0.15) is 36.7 Å². The second-order valence-corrected chi connectivity index (χ2v) is 8.30. The van der Waals surface area contributed by atoms with Crippen molar-refractivity contribution in [2.24, 2.45) is 0 Å². The number of nitrogens with zero attached hydrogens (tertiary/aromatic N) is 1. The molecule has 3 rings (SSSR count). The van der Waals surface area contributed by atoms with Gasteiger partial charge in [-0.15, -0.1) is 0 Å². The molecule has 150 valence electrons. The molecule has 1 heterocycles. The van der Waals surface area contributed by atoms with E-state index in [1.54, 1.807) is 12.1 Å². The van der Waals surface area contributed by atoms with Gasteiger partial charge in [0.2, 0.25) is 0 Å². The Hall–Kier alpha value is -2.92. The van der Waals surface area contributed by atoms with Crippen molar-refractivity contribution in [3.63, 3.8) is 0 Å². The molecule has 0 unspecified atom stereocenters. The molecule has 1 amide bonds. The van der Waals surface area contributed by atoms with Gasteiger partial charge in [0.05, 0.1) is 16.8 Å². The van der Waals surface area contributed by atoms with Crippen LogP contribution in [0.4, 0.5) is 0 Å². The van der Waals surface area contributed by atoms with Crippen molar-refractivity contribution < 1.29 is 14.3 Å². The molecule has 0 aliphatic heterocycles. The fraction of sp³-hybridized carbons (Fsp3) is 0.261. The van der Waals surface area contributed by atoms with Gasteiger partial charge in [0.1, 0.15) is 0 Å². The maximum absolute atomic E-state index is 12.9. The molecule has 0 saturated heterocycles. The molecule has 3 aromatic rings. The zero-order valence-electron chi connectivity index (χ0n) is 16.9. The van der Waals surface area contributed by atoms with Crippen molar-refractivity contribution in [3.8, 4) is 11.3 Å². The number of hydrogen-bond acceptors (Lipinski definition) is 4. The monoisotopic (exact) mass is 410 g/mol. The van der Waals surface area contributed by atoms with Crippen molar-refractivity contribution in [1.82, 2.24) is 10.3 Å². The van der Waals surface area contributed by atoms with E-state index < -0.39 is 11.5 Å². The van der Waals surface area contributed by atoms with Gasteiger partial charge in [-0.3, -0.25) is 4.79 Å². The minimum atomic E-state index is -0.562. The smallest absolute Gasteiger partial charge is 0.339 e. The molecule has 0 bridgehead atoms. The predicted octanol–water partition coefficient (Wildman–Crippen LogP) is 4.94. The number of nitrogens with one attached hydrogen (secondary N) is 1. The molecule has 0 fully saturated rings. The number of benzene rings is 2. The molecule has 0 spiro atoms. The normalized spacial score (nSPS) is 11.3. The SMILES string of the molecule is Cc1c(-c2cccc(Cl)c2)nc2ccccc2c1C(=O)OCC(=O)NC(C)(C)C. The van der Waals surface area contributed by atoms with Crippen LogP contribution in [0.2, 0.25) is 5.02 Å². The van der Waals surface area contributed by atoms with Gasteiger partial charge in [-0.1, -0.05) is 41.9 Å². The average Bonchev–Trinajstić information content (AvgIpc) is 2.64. The highest BCUT2D eigenvalue weighted by atomic mass is 35.5. The first-order valence-corrected chi connectivity index (χ1v) is 9.67. The van der Waals surface area contributed by atoms with E-state index >= 15 is 0 Å². The van der Waals surface area contributed by atoms with Crippen LogP contribution in [-0.4, -0.2) is 29.0 Å². The largest absolute Gasteiger partial charge is 0.452 e. The topological polar surface area (TPSA) is 68.3 Å². The van der Waals surface area contributed by atoms with E-state index in [2.05, 4.69) is 5.32 Å². The molecule has 0 aliphatic carbocycles. The Labute approximate surface area is 175 Å². The molecule has 0 aliphatic rings. The molecule has 6 heteroatoms. The lowest BCUT2D eigenvalue weighted by atomic mass is 9.98. The lowest BCUT2D eigenvalue weighted by Gasteiger charge is -2.20. The third-order valence-electron chi connectivity index (χ3n) is 4.29. The number of para-hydroxylation sites is 1. The van der Waals surface area contributed by atoms with Crippen LogP contribution >= 0.6 is 11.6 Å². The van der Waals surface area contributed by atoms with Gasteiger partial charge >= 0.3 is 5.97 Å². The van der Waals surface area contributed by atoms with Gasteiger partial charge in [0.25, 0.3) is 5.91 Å². The van der Waals surface area contributed by atoms with Crippen LogP contribution in [0, 0.1) is 6.92 Å². The second kappa shape index (κ2) is 8.21. The Bertz CT molecular complexity index is 1090. The van der Waals surface area contributed by atoms with Crippen molar-refractivity contribution in [1.29, 1.82) is 0 Å². The van der Waals surface area contributed by atoms with Crippen LogP contribution in [0.5, 0.6) is 0 Å². The van der Waals surface area contributed by atoms with E-state index in [0.29, 0.717) is 32.7 Å². The number of halogens is 1. The molecule has 5 nitrogen and oxygen atoms in total. The molecule has 29 heavy (non-hydrogen) atoms. The number of hydrogen-bond donors (Lipinski definition) is 1. The number of pyridine rings is 1. The Balaban J connectivity index is 2.01. The Morgan fingerprint density at radius 3 is 2.52 bits per heavy atom. The lowest BCUT2D eigenvalue weighted by molar-refractivity contribution is -0.125. The van der Waals surface area contributed by atoms with Crippen molar-refractivity contribution >= 4 is 34.4 Å².